The van der Waals surface area contributed by atoms with Gasteiger partial charge in [0.05, 0.1) is 11.0 Å². The lowest BCUT2D eigenvalue weighted by Crippen LogP contribution is -2.27. The Labute approximate surface area is 104 Å². The molecule has 0 saturated heterocycles. The van der Waals surface area contributed by atoms with Gasteiger partial charge in [-0.3, -0.25) is 5.84 Å². The standard InChI is InChI=1S/C9H10BrN3S2/c1-5-12-4-7(15-5)8(13-11)9-6(10)2-3-14-9/h2-4,8,13H,11H2,1H3. The largest absolute Gasteiger partial charge is 0.271 e. The summed E-state index contributed by atoms with van der Waals surface area (Å²) < 4.78 is 1.08. The minimum atomic E-state index is 0.0329. The van der Waals surface area contributed by atoms with Crippen LogP contribution in [0, 0.1) is 6.92 Å². The maximum absolute atomic E-state index is 5.59. The van der Waals surface area contributed by atoms with Gasteiger partial charge in [-0.2, -0.15) is 0 Å². The van der Waals surface area contributed by atoms with Gasteiger partial charge >= 0.3 is 0 Å². The van der Waals surface area contributed by atoms with Crippen molar-refractivity contribution in [2.45, 2.75) is 13.0 Å². The first kappa shape index (κ1) is 11.2. The summed E-state index contributed by atoms with van der Waals surface area (Å²) in [5, 5.41) is 3.09. The molecule has 0 aliphatic heterocycles. The Hall–Kier alpha value is -0.270. The number of nitrogens with one attached hydrogen (secondary N) is 1. The third-order valence-electron chi connectivity index (χ3n) is 2.00. The molecular formula is C9H10BrN3S2. The predicted octanol–water partition coefficient (Wildman–Crippen LogP) is 2.83. The Morgan fingerprint density at radius 2 is 2.40 bits per heavy atom. The molecule has 15 heavy (non-hydrogen) atoms. The molecule has 3 N–H and O–H groups in total. The van der Waals surface area contributed by atoms with E-state index >= 15 is 0 Å². The van der Waals surface area contributed by atoms with Crippen LogP contribution in [0.5, 0.6) is 0 Å². The molecule has 0 aliphatic rings. The van der Waals surface area contributed by atoms with E-state index in [4.69, 9.17) is 5.84 Å². The summed E-state index contributed by atoms with van der Waals surface area (Å²) >= 11 is 6.85. The number of halogens is 1. The van der Waals surface area contributed by atoms with Crippen LogP contribution in [-0.2, 0) is 0 Å². The maximum Gasteiger partial charge on any atom is 0.0921 e. The van der Waals surface area contributed by atoms with Crippen molar-refractivity contribution in [3.05, 3.63) is 36.9 Å². The van der Waals surface area contributed by atoms with E-state index in [1.165, 1.54) is 4.88 Å². The van der Waals surface area contributed by atoms with Crippen molar-refractivity contribution in [1.29, 1.82) is 0 Å². The molecule has 2 aromatic rings. The molecule has 0 aliphatic carbocycles. The second kappa shape index (κ2) is 4.71. The first-order chi connectivity index (χ1) is 7.22. The fourth-order valence-electron chi connectivity index (χ4n) is 1.31. The summed E-state index contributed by atoms with van der Waals surface area (Å²) in [7, 11) is 0. The Bertz CT molecular complexity index is 452. The van der Waals surface area contributed by atoms with Crippen molar-refractivity contribution in [2.24, 2.45) is 5.84 Å². The molecule has 2 aromatic heterocycles. The van der Waals surface area contributed by atoms with Gasteiger partial charge in [0.1, 0.15) is 0 Å². The number of rotatable bonds is 3. The zero-order valence-electron chi connectivity index (χ0n) is 8.03. The molecule has 0 aromatic carbocycles. The molecule has 0 saturated carbocycles. The van der Waals surface area contributed by atoms with Crippen LogP contribution in [0.25, 0.3) is 0 Å². The van der Waals surface area contributed by atoms with Crippen molar-refractivity contribution in [2.75, 3.05) is 0 Å². The van der Waals surface area contributed by atoms with E-state index in [9.17, 15) is 0 Å². The Morgan fingerprint density at radius 1 is 1.60 bits per heavy atom. The van der Waals surface area contributed by atoms with Gasteiger partial charge in [-0.25, -0.2) is 10.4 Å². The summed E-state index contributed by atoms with van der Waals surface area (Å²) in [5.41, 5.74) is 2.83. The van der Waals surface area contributed by atoms with Crippen LogP contribution in [0.1, 0.15) is 20.8 Å². The Balaban J connectivity index is 2.36. The SMILES string of the molecule is Cc1ncc(C(NN)c2sccc2Br)s1. The lowest BCUT2D eigenvalue weighted by Gasteiger charge is -2.12. The van der Waals surface area contributed by atoms with Gasteiger partial charge in [-0.05, 0) is 34.3 Å². The summed E-state index contributed by atoms with van der Waals surface area (Å²) in [6, 6.07) is 2.06. The highest BCUT2D eigenvalue weighted by Gasteiger charge is 2.18. The zero-order chi connectivity index (χ0) is 10.8. The molecule has 1 unspecified atom stereocenters. The smallest absolute Gasteiger partial charge is 0.0921 e. The second-order valence-corrected chi connectivity index (χ2v) is 6.08. The van der Waals surface area contributed by atoms with Crippen LogP contribution in [0.15, 0.2) is 22.1 Å². The number of aryl methyl sites for hydroxylation is 1. The van der Waals surface area contributed by atoms with Crippen molar-refractivity contribution < 1.29 is 0 Å². The highest BCUT2D eigenvalue weighted by Crippen LogP contribution is 2.34. The number of hydrazine groups is 1. The van der Waals surface area contributed by atoms with Crippen LogP contribution in [-0.4, -0.2) is 4.98 Å². The summed E-state index contributed by atoms with van der Waals surface area (Å²) in [6.45, 7) is 1.99. The number of thiophene rings is 1. The maximum atomic E-state index is 5.59. The van der Waals surface area contributed by atoms with E-state index in [2.05, 4.69) is 26.3 Å². The fourth-order valence-corrected chi connectivity index (χ4v) is 3.92. The Morgan fingerprint density at radius 3 is 2.87 bits per heavy atom. The van der Waals surface area contributed by atoms with Crippen LogP contribution in [0.3, 0.4) is 0 Å². The normalized spacial score (nSPS) is 13.0. The van der Waals surface area contributed by atoms with Gasteiger partial charge in [0.2, 0.25) is 0 Å². The fraction of sp³-hybridized carbons (Fsp3) is 0.222. The van der Waals surface area contributed by atoms with Crippen LogP contribution in [0.4, 0.5) is 0 Å². The first-order valence-corrected chi connectivity index (χ1v) is 6.82. The topological polar surface area (TPSA) is 50.9 Å². The molecule has 1 atom stereocenters. The van der Waals surface area contributed by atoms with E-state index < -0.39 is 0 Å². The minimum Gasteiger partial charge on any atom is -0.271 e. The number of hydrogen-bond acceptors (Lipinski definition) is 5. The van der Waals surface area contributed by atoms with Gasteiger partial charge in [-0.15, -0.1) is 22.7 Å². The minimum absolute atomic E-state index is 0.0329. The van der Waals surface area contributed by atoms with Crippen LogP contribution >= 0.6 is 38.6 Å². The highest BCUT2D eigenvalue weighted by atomic mass is 79.9. The van der Waals surface area contributed by atoms with Crippen LogP contribution < -0.4 is 11.3 Å². The molecule has 0 amide bonds. The molecule has 2 heterocycles. The molecule has 3 nitrogen and oxygen atoms in total. The quantitative estimate of drug-likeness (QED) is 0.677. The van der Waals surface area contributed by atoms with Gasteiger partial charge in [0.15, 0.2) is 0 Å². The van der Waals surface area contributed by atoms with E-state index in [1.54, 1.807) is 22.7 Å². The number of thiazole rings is 1. The van der Waals surface area contributed by atoms with Gasteiger partial charge in [0, 0.05) is 20.4 Å². The molecule has 0 bridgehead atoms. The zero-order valence-corrected chi connectivity index (χ0v) is 11.2. The molecular weight excluding hydrogens is 294 g/mol. The average Bonchev–Trinajstić information content (AvgIpc) is 2.79. The van der Waals surface area contributed by atoms with Crippen molar-refractivity contribution in [3.8, 4) is 0 Å². The van der Waals surface area contributed by atoms with Crippen molar-refractivity contribution in [1.82, 2.24) is 10.4 Å². The molecule has 80 valence electrons. The van der Waals surface area contributed by atoms with Gasteiger partial charge < -0.3 is 0 Å². The molecule has 0 spiro atoms. The van der Waals surface area contributed by atoms with Crippen molar-refractivity contribution in [3.63, 3.8) is 0 Å². The third-order valence-corrected chi connectivity index (χ3v) is 4.91. The number of hydrogen-bond donors (Lipinski definition) is 2. The van der Waals surface area contributed by atoms with Crippen molar-refractivity contribution >= 4 is 38.6 Å². The lowest BCUT2D eigenvalue weighted by atomic mass is 10.2. The second-order valence-electron chi connectivity index (χ2n) is 3.01. The average molecular weight is 304 g/mol. The Kier molecular flexibility index (Phi) is 3.53. The number of nitrogens with two attached hydrogens (primary N) is 1. The number of nitrogens with zero attached hydrogens (tertiary/aromatic N) is 1. The monoisotopic (exact) mass is 303 g/mol. The molecule has 0 radical (unpaired) electrons. The predicted molar refractivity (Wildman–Crippen MR) is 68.0 cm³/mol. The van der Waals surface area contributed by atoms with E-state index in [-0.39, 0.29) is 6.04 Å². The molecule has 0 fully saturated rings. The third kappa shape index (κ3) is 2.29. The summed E-state index contributed by atoms with van der Waals surface area (Å²) in [4.78, 5) is 6.56. The van der Waals surface area contributed by atoms with Crippen LogP contribution in [0.2, 0.25) is 0 Å². The number of aromatic nitrogens is 1. The first-order valence-electron chi connectivity index (χ1n) is 4.33. The summed E-state index contributed by atoms with van der Waals surface area (Å²) in [6.07, 6.45) is 1.87. The van der Waals surface area contributed by atoms with Gasteiger partial charge in [-0.1, -0.05) is 0 Å². The van der Waals surface area contributed by atoms with E-state index in [0.717, 1.165) is 14.4 Å². The molecule has 2 rings (SSSR count). The van der Waals surface area contributed by atoms with E-state index in [1.807, 2.05) is 24.6 Å². The lowest BCUT2D eigenvalue weighted by molar-refractivity contribution is 0.653. The highest BCUT2D eigenvalue weighted by molar-refractivity contribution is 9.10. The van der Waals surface area contributed by atoms with Gasteiger partial charge in [0.25, 0.3) is 0 Å². The van der Waals surface area contributed by atoms with E-state index in [0.29, 0.717) is 0 Å². The molecule has 6 heteroatoms. The summed E-state index contributed by atoms with van der Waals surface area (Å²) in [5.74, 6) is 5.59.